The Balaban J connectivity index is 2.36. The molecule has 7 nitrogen and oxygen atoms in total. The van der Waals surface area contributed by atoms with E-state index in [1.54, 1.807) is 36.7 Å². The van der Waals surface area contributed by atoms with Gasteiger partial charge in [-0.1, -0.05) is 23.7 Å². The molecule has 25 heavy (non-hydrogen) atoms. The third-order valence-corrected chi connectivity index (χ3v) is 4.22. The standard InChI is InChI=1S/C17H17N5O2S/c1-5-9-21-15(23)11-10-18-16(25-4)20-14(11)22(21)13-8-6-7-12(19-13)17(2,3)24/h1,6-8,10,24H,9H2,2-4H3. The molecule has 3 heterocycles. The first-order valence-corrected chi connectivity index (χ1v) is 8.75. The Morgan fingerprint density at radius 3 is 2.76 bits per heavy atom. The molecule has 0 fully saturated rings. The van der Waals surface area contributed by atoms with E-state index in [0.717, 1.165) is 0 Å². The van der Waals surface area contributed by atoms with Crippen LogP contribution in [0.1, 0.15) is 19.5 Å². The minimum atomic E-state index is -1.12. The maximum atomic E-state index is 12.7. The van der Waals surface area contributed by atoms with Crippen molar-refractivity contribution < 1.29 is 5.11 Å². The highest BCUT2D eigenvalue weighted by Crippen LogP contribution is 2.21. The highest BCUT2D eigenvalue weighted by Gasteiger charge is 2.21. The van der Waals surface area contributed by atoms with E-state index in [1.165, 1.54) is 22.6 Å². The lowest BCUT2D eigenvalue weighted by Gasteiger charge is -2.18. The van der Waals surface area contributed by atoms with Crippen molar-refractivity contribution in [1.29, 1.82) is 0 Å². The van der Waals surface area contributed by atoms with Crippen molar-refractivity contribution in [1.82, 2.24) is 24.3 Å². The average molecular weight is 355 g/mol. The Labute approximate surface area is 148 Å². The van der Waals surface area contributed by atoms with Crippen LogP contribution in [0.3, 0.4) is 0 Å². The highest BCUT2D eigenvalue weighted by molar-refractivity contribution is 7.98. The first-order chi connectivity index (χ1) is 11.9. The summed E-state index contributed by atoms with van der Waals surface area (Å²) in [5, 5.41) is 11.1. The van der Waals surface area contributed by atoms with Crippen LogP contribution in [0.4, 0.5) is 0 Å². The van der Waals surface area contributed by atoms with Crippen LogP contribution in [0, 0.1) is 12.3 Å². The zero-order valence-electron chi connectivity index (χ0n) is 14.1. The monoisotopic (exact) mass is 355 g/mol. The zero-order chi connectivity index (χ0) is 18.2. The van der Waals surface area contributed by atoms with Gasteiger partial charge >= 0.3 is 0 Å². The second-order valence-electron chi connectivity index (χ2n) is 5.91. The number of terminal acetylenes is 1. The van der Waals surface area contributed by atoms with Gasteiger partial charge in [0.2, 0.25) is 0 Å². The quantitative estimate of drug-likeness (QED) is 0.434. The van der Waals surface area contributed by atoms with E-state index >= 15 is 0 Å². The van der Waals surface area contributed by atoms with Crippen molar-refractivity contribution in [2.45, 2.75) is 31.1 Å². The van der Waals surface area contributed by atoms with Crippen LogP contribution >= 0.6 is 11.8 Å². The molecule has 8 heteroatoms. The van der Waals surface area contributed by atoms with Crippen molar-refractivity contribution in [2.24, 2.45) is 0 Å². The summed E-state index contributed by atoms with van der Waals surface area (Å²) in [6.45, 7) is 3.36. The molecule has 0 aromatic carbocycles. The minimum Gasteiger partial charge on any atom is -0.384 e. The van der Waals surface area contributed by atoms with Gasteiger partial charge < -0.3 is 5.11 Å². The summed E-state index contributed by atoms with van der Waals surface area (Å²) in [7, 11) is 0. The topological polar surface area (TPSA) is 85.8 Å². The predicted octanol–water partition coefficient (Wildman–Crippen LogP) is 1.56. The molecule has 0 unspecified atom stereocenters. The van der Waals surface area contributed by atoms with Crippen molar-refractivity contribution >= 4 is 22.8 Å². The van der Waals surface area contributed by atoms with Gasteiger partial charge in [0.15, 0.2) is 16.6 Å². The number of aromatic nitrogens is 5. The van der Waals surface area contributed by atoms with Gasteiger partial charge in [0.25, 0.3) is 5.56 Å². The summed E-state index contributed by atoms with van der Waals surface area (Å²) in [6, 6.07) is 5.23. The molecule has 0 spiro atoms. The molecule has 3 rings (SSSR count). The second kappa shape index (κ2) is 6.35. The first kappa shape index (κ1) is 17.2. The first-order valence-electron chi connectivity index (χ1n) is 7.53. The number of pyridine rings is 1. The van der Waals surface area contributed by atoms with Crippen molar-refractivity contribution in [3.8, 4) is 18.2 Å². The number of nitrogens with zero attached hydrogens (tertiary/aromatic N) is 5. The van der Waals surface area contributed by atoms with Crippen LogP contribution < -0.4 is 5.56 Å². The summed E-state index contributed by atoms with van der Waals surface area (Å²) in [5.41, 5.74) is -0.489. The van der Waals surface area contributed by atoms with Crippen LogP contribution in [-0.2, 0) is 12.1 Å². The second-order valence-corrected chi connectivity index (χ2v) is 6.69. The van der Waals surface area contributed by atoms with Crippen molar-refractivity contribution in [3.63, 3.8) is 0 Å². The summed E-state index contributed by atoms with van der Waals surface area (Å²) in [4.78, 5) is 25.8. The Kier molecular flexibility index (Phi) is 4.37. The Hall–Kier alpha value is -2.63. The van der Waals surface area contributed by atoms with Gasteiger partial charge in [-0.05, 0) is 32.2 Å². The molecular weight excluding hydrogens is 338 g/mol. The van der Waals surface area contributed by atoms with Gasteiger partial charge in [0.05, 0.1) is 5.69 Å². The molecule has 0 saturated heterocycles. The lowest BCUT2D eigenvalue weighted by molar-refractivity contribution is 0.0738. The van der Waals surface area contributed by atoms with E-state index in [2.05, 4.69) is 20.9 Å². The molecular formula is C17H17N5O2S. The van der Waals surface area contributed by atoms with Gasteiger partial charge in [0.1, 0.15) is 17.5 Å². The van der Waals surface area contributed by atoms with E-state index in [4.69, 9.17) is 6.42 Å². The van der Waals surface area contributed by atoms with Gasteiger partial charge in [0, 0.05) is 6.20 Å². The molecule has 128 valence electrons. The third kappa shape index (κ3) is 3.04. The Morgan fingerprint density at radius 2 is 2.12 bits per heavy atom. The molecule has 0 radical (unpaired) electrons. The van der Waals surface area contributed by atoms with E-state index in [0.29, 0.717) is 27.7 Å². The van der Waals surface area contributed by atoms with Crippen molar-refractivity contribution in [3.05, 3.63) is 40.4 Å². The maximum absolute atomic E-state index is 12.7. The molecule has 0 bridgehead atoms. The molecule has 0 saturated carbocycles. The van der Waals surface area contributed by atoms with E-state index in [1.807, 2.05) is 6.26 Å². The fourth-order valence-corrected chi connectivity index (χ4v) is 2.79. The highest BCUT2D eigenvalue weighted by atomic mass is 32.2. The average Bonchev–Trinajstić information content (AvgIpc) is 2.86. The number of hydrogen-bond donors (Lipinski definition) is 1. The number of hydrogen-bond acceptors (Lipinski definition) is 6. The zero-order valence-corrected chi connectivity index (χ0v) is 14.9. The van der Waals surface area contributed by atoms with Crippen LogP contribution in [0.2, 0.25) is 0 Å². The molecule has 0 atom stereocenters. The van der Waals surface area contributed by atoms with E-state index < -0.39 is 5.60 Å². The summed E-state index contributed by atoms with van der Waals surface area (Å²) in [5.74, 6) is 2.93. The molecule has 0 amide bonds. The fraction of sp³-hybridized carbons (Fsp3) is 0.294. The fourth-order valence-electron chi connectivity index (χ4n) is 2.46. The number of thioether (sulfide) groups is 1. The van der Waals surface area contributed by atoms with Crippen LogP contribution in [0.15, 0.2) is 34.3 Å². The lowest BCUT2D eigenvalue weighted by atomic mass is 10.1. The Bertz CT molecular complexity index is 1040. The molecule has 3 aromatic heterocycles. The number of rotatable bonds is 4. The number of aliphatic hydroxyl groups is 1. The largest absolute Gasteiger partial charge is 0.384 e. The molecule has 0 aliphatic carbocycles. The van der Waals surface area contributed by atoms with Gasteiger partial charge in [-0.2, -0.15) is 0 Å². The van der Waals surface area contributed by atoms with E-state index in [-0.39, 0.29) is 12.1 Å². The van der Waals surface area contributed by atoms with Crippen LogP contribution in [-0.4, -0.2) is 35.7 Å². The minimum absolute atomic E-state index is 0.0677. The van der Waals surface area contributed by atoms with Gasteiger partial charge in [-0.3, -0.25) is 4.79 Å². The third-order valence-electron chi connectivity index (χ3n) is 3.66. The van der Waals surface area contributed by atoms with Gasteiger partial charge in [-0.25, -0.2) is 24.3 Å². The molecule has 1 N–H and O–H groups in total. The summed E-state index contributed by atoms with van der Waals surface area (Å²) in [6.07, 6.45) is 8.79. The number of fused-ring (bicyclic) bond motifs is 1. The molecule has 0 aliphatic heterocycles. The Morgan fingerprint density at radius 1 is 1.36 bits per heavy atom. The summed E-state index contributed by atoms with van der Waals surface area (Å²) >= 11 is 1.38. The molecule has 0 aliphatic rings. The van der Waals surface area contributed by atoms with Gasteiger partial charge in [-0.15, -0.1) is 6.42 Å². The summed E-state index contributed by atoms with van der Waals surface area (Å²) < 4.78 is 2.97. The lowest BCUT2D eigenvalue weighted by Crippen LogP contribution is -2.24. The SMILES string of the molecule is C#CCn1c(=O)c2cnc(SC)nc2n1-c1cccc(C(C)(C)O)n1. The normalized spacial score (nSPS) is 11.6. The van der Waals surface area contributed by atoms with Crippen LogP contribution in [0.25, 0.3) is 16.9 Å². The van der Waals surface area contributed by atoms with Crippen LogP contribution in [0.5, 0.6) is 0 Å². The molecule has 3 aromatic rings. The van der Waals surface area contributed by atoms with E-state index in [9.17, 15) is 9.90 Å². The smallest absolute Gasteiger partial charge is 0.279 e. The predicted molar refractivity (Wildman–Crippen MR) is 96.8 cm³/mol. The van der Waals surface area contributed by atoms with Crippen molar-refractivity contribution in [2.75, 3.05) is 6.26 Å². The maximum Gasteiger partial charge on any atom is 0.279 e.